The molecule has 1 saturated heterocycles. The molecule has 1 aromatic carbocycles. The minimum absolute atomic E-state index is 0.0582. The lowest BCUT2D eigenvalue weighted by Gasteiger charge is -2.28. The summed E-state index contributed by atoms with van der Waals surface area (Å²) >= 11 is 0. The molecule has 2 atom stereocenters. The summed E-state index contributed by atoms with van der Waals surface area (Å²) in [4.78, 5) is 16.9. The van der Waals surface area contributed by atoms with Gasteiger partial charge in [0, 0.05) is 36.1 Å². The Kier molecular flexibility index (Phi) is 3.47. The summed E-state index contributed by atoms with van der Waals surface area (Å²) in [6.07, 6.45) is 4.18. The van der Waals surface area contributed by atoms with Crippen LogP contribution in [-0.4, -0.2) is 34.2 Å². The Morgan fingerprint density at radius 3 is 2.95 bits per heavy atom. The van der Waals surface area contributed by atoms with Gasteiger partial charge in [-0.25, -0.2) is 0 Å². The Morgan fingerprint density at radius 1 is 1.43 bits per heavy atom. The highest BCUT2D eigenvalue weighted by molar-refractivity contribution is 5.99. The number of benzene rings is 1. The summed E-state index contributed by atoms with van der Waals surface area (Å²) < 4.78 is 0. The van der Waals surface area contributed by atoms with Gasteiger partial charge >= 0.3 is 0 Å². The van der Waals surface area contributed by atoms with Crippen molar-refractivity contribution in [1.29, 1.82) is 0 Å². The second-order valence-corrected chi connectivity index (χ2v) is 5.49. The lowest BCUT2D eigenvalue weighted by Crippen LogP contribution is -2.35. The lowest BCUT2D eigenvalue weighted by molar-refractivity contribution is -0.383. The topological polar surface area (TPSA) is 79.5 Å². The molecule has 1 aliphatic heterocycles. The zero-order valence-corrected chi connectivity index (χ0v) is 11.8. The van der Waals surface area contributed by atoms with Crippen molar-refractivity contribution in [2.45, 2.75) is 19.4 Å². The smallest absolute Gasteiger partial charge is 0.278 e. The van der Waals surface area contributed by atoms with Gasteiger partial charge in [-0.05, 0) is 24.5 Å². The highest BCUT2D eigenvalue weighted by Gasteiger charge is 2.32. The largest absolute Gasteiger partial charge is 0.394 e. The maximum absolute atomic E-state index is 11.1. The lowest BCUT2D eigenvalue weighted by atomic mass is 10.0. The van der Waals surface area contributed by atoms with Crippen LogP contribution in [0.5, 0.6) is 0 Å². The van der Waals surface area contributed by atoms with E-state index in [1.54, 1.807) is 18.3 Å². The van der Waals surface area contributed by atoms with Gasteiger partial charge in [0.1, 0.15) is 0 Å². The molecule has 6 heteroatoms. The van der Waals surface area contributed by atoms with E-state index in [4.69, 9.17) is 0 Å². The van der Waals surface area contributed by atoms with Crippen LogP contribution < -0.4 is 4.90 Å². The molecule has 0 saturated carbocycles. The first kappa shape index (κ1) is 13.8. The van der Waals surface area contributed by atoms with E-state index in [2.05, 4.69) is 16.8 Å². The van der Waals surface area contributed by atoms with E-state index < -0.39 is 0 Å². The second kappa shape index (κ2) is 5.29. The van der Waals surface area contributed by atoms with Crippen molar-refractivity contribution >= 4 is 22.1 Å². The van der Waals surface area contributed by atoms with Gasteiger partial charge in [-0.3, -0.25) is 15.1 Å². The average Bonchev–Trinajstić information content (AvgIpc) is 2.86. The van der Waals surface area contributed by atoms with Gasteiger partial charge in [0.25, 0.3) is 5.69 Å². The highest BCUT2D eigenvalue weighted by Crippen LogP contribution is 2.37. The van der Waals surface area contributed by atoms with Crippen molar-refractivity contribution in [2.75, 3.05) is 18.1 Å². The summed E-state index contributed by atoms with van der Waals surface area (Å²) in [6, 6.07) is 5.16. The van der Waals surface area contributed by atoms with Crippen molar-refractivity contribution in [2.24, 2.45) is 5.92 Å². The number of aliphatic hydroxyl groups is 1. The fourth-order valence-electron chi connectivity index (χ4n) is 3.15. The van der Waals surface area contributed by atoms with E-state index in [-0.39, 0.29) is 23.3 Å². The number of rotatable bonds is 3. The first-order chi connectivity index (χ1) is 10.1. The van der Waals surface area contributed by atoms with E-state index in [1.807, 2.05) is 0 Å². The van der Waals surface area contributed by atoms with Crippen LogP contribution in [0.1, 0.15) is 13.3 Å². The third-order valence-corrected chi connectivity index (χ3v) is 4.35. The minimum atomic E-state index is -0.385. The number of aliphatic hydroxyl groups excluding tert-OH is 1. The number of nitro benzene ring substituents is 1. The Hall–Kier alpha value is -2.21. The number of aromatic nitrogens is 1. The molecule has 0 radical (unpaired) electrons. The number of hydrogen-bond acceptors (Lipinski definition) is 5. The minimum Gasteiger partial charge on any atom is -0.394 e. The first-order valence-corrected chi connectivity index (χ1v) is 7.02. The number of non-ortho nitro benzene ring substituents is 1. The molecule has 0 amide bonds. The Morgan fingerprint density at radius 2 is 2.24 bits per heavy atom. The normalized spacial score (nSPS) is 21.9. The average molecular weight is 287 g/mol. The number of anilines is 1. The molecular formula is C15H17N3O3. The van der Waals surface area contributed by atoms with Gasteiger partial charge in [-0.1, -0.05) is 6.92 Å². The SMILES string of the molecule is CC1CCN(c2ccc([N+](=O)[O-])c3cnccc23)C1CO. The van der Waals surface area contributed by atoms with E-state index in [1.165, 1.54) is 12.3 Å². The van der Waals surface area contributed by atoms with E-state index in [0.29, 0.717) is 11.3 Å². The molecule has 2 aromatic rings. The molecule has 110 valence electrons. The van der Waals surface area contributed by atoms with Crippen LogP contribution in [0.15, 0.2) is 30.6 Å². The van der Waals surface area contributed by atoms with Gasteiger partial charge < -0.3 is 10.0 Å². The molecule has 0 bridgehead atoms. The predicted molar refractivity (Wildman–Crippen MR) is 80.4 cm³/mol. The Bertz CT molecular complexity index is 689. The van der Waals surface area contributed by atoms with Crippen LogP contribution in [0.3, 0.4) is 0 Å². The quantitative estimate of drug-likeness (QED) is 0.692. The summed E-state index contributed by atoms with van der Waals surface area (Å²) in [6.45, 7) is 3.06. The molecule has 2 heterocycles. The molecule has 21 heavy (non-hydrogen) atoms. The zero-order chi connectivity index (χ0) is 15.0. The van der Waals surface area contributed by atoms with Crippen molar-refractivity contribution < 1.29 is 10.0 Å². The van der Waals surface area contributed by atoms with Gasteiger partial charge in [-0.2, -0.15) is 0 Å². The highest BCUT2D eigenvalue weighted by atomic mass is 16.6. The third kappa shape index (κ3) is 2.21. The number of nitro groups is 1. The maximum atomic E-state index is 11.1. The van der Waals surface area contributed by atoms with Crippen LogP contribution in [-0.2, 0) is 0 Å². The number of nitrogens with zero attached hydrogens (tertiary/aromatic N) is 3. The molecule has 3 rings (SSSR count). The van der Waals surface area contributed by atoms with Crippen molar-refractivity contribution in [3.8, 4) is 0 Å². The summed E-state index contributed by atoms with van der Waals surface area (Å²) in [5.74, 6) is 0.405. The van der Waals surface area contributed by atoms with Crippen LogP contribution in [0.4, 0.5) is 11.4 Å². The summed E-state index contributed by atoms with van der Waals surface area (Å²) in [7, 11) is 0. The van der Waals surface area contributed by atoms with Crippen LogP contribution in [0.25, 0.3) is 10.8 Å². The van der Waals surface area contributed by atoms with Gasteiger partial charge in [-0.15, -0.1) is 0 Å². The van der Waals surface area contributed by atoms with Crippen LogP contribution in [0.2, 0.25) is 0 Å². The molecule has 1 fully saturated rings. The van der Waals surface area contributed by atoms with Crippen molar-refractivity contribution in [1.82, 2.24) is 4.98 Å². The summed E-state index contributed by atoms with van der Waals surface area (Å²) in [5, 5.41) is 22.1. The Labute approximate surface area is 122 Å². The Balaban J connectivity index is 2.16. The maximum Gasteiger partial charge on any atom is 0.278 e. The first-order valence-electron chi connectivity index (χ1n) is 7.02. The molecule has 0 spiro atoms. The fourth-order valence-corrected chi connectivity index (χ4v) is 3.15. The summed E-state index contributed by atoms with van der Waals surface area (Å²) in [5.41, 5.74) is 0.996. The molecule has 1 aliphatic rings. The van der Waals surface area contributed by atoms with Crippen molar-refractivity contribution in [3.63, 3.8) is 0 Å². The molecule has 2 unspecified atom stereocenters. The third-order valence-electron chi connectivity index (χ3n) is 4.35. The van der Waals surface area contributed by atoms with Gasteiger partial charge in [0.05, 0.1) is 23.0 Å². The fraction of sp³-hybridized carbons (Fsp3) is 0.400. The monoisotopic (exact) mass is 287 g/mol. The van der Waals surface area contributed by atoms with E-state index in [9.17, 15) is 15.2 Å². The zero-order valence-electron chi connectivity index (χ0n) is 11.8. The molecule has 0 aliphatic carbocycles. The van der Waals surface area contributed by atoms with E-state index >= 15 is 0 Å². The molecule has 1 N–H and O–H groups in total. The van der Waals surface area contributed by atoms with Crippen LogP contribution >= 0.6 is 0 Å². The molecule has 6 nitrogen and oxygen atoms in total. The number of hydrogen-bond donors (Lipinski definition) is 1. The van der Waals surface area contributed by atoms with Crippen LogP contribution in [0, 0.1) is 16.0 Å². The predicted octanol–water partition coefficient (Wildman–Crippen LogP) is 2.35. The number of pyridine rings is 1. The standard InChI is InChI=1S/C15H17N3O3/c1-10-5-7-17(15(10)9-19)13-2-3-14(18(20)21)12-8-16-6-4-11(12)13/h2-4,6,8,10,15,19H,5,7,9H2,1H3. The number of fused-ring (bicyclic) bond motifs is 1. The van der Waals surface area contributed by atoms with E-state index in [0.717, 1.165) is 24.0 Å². The second-order valence-electron chi connectivity index (χ2n) is 5.49. The van der Waals surface area contributed by atoms with Crippen molar-refractivity contribution in [3.05, 3.63) is 40.7 Å². The molecular weight excluding hydrogens is 270 g/mol. The molecule has 1 aromatic heterocycles. The van der Waals surface area contributed by atoms with Gasteiger partial charge in [0.2, 0.25) is 0 Å². The van der Waals surface area contributed by atoms with Gasteiger partial charge in [0.15, 0.2) is 0 Å².